The number of hydrogen-bond donors (Lipinski definition) is 1. The van der Waals surface area contributed by atoms with Crippen LogP contribution in [0.2, 0.25) is 0 Å². The molecular weight excluding hydrogens is 278 g/mol. The Balaban J connectivity index is 1.61. The van der Waals surface area contributed by atoms with E-state index in [4.69, 9.17) is 0 Å². The van der Waals surface area contributed by atoms with Crippen LogP contribution in [0.4, 0.5) is 0 Å². The van der Waals surface area contributed by atoms with Crippen LogP contribution in [0.5, 0.6) is 0 Å². The Morgan fingerprint density at radius 1 is 1.43 bits per heavy atom. The van der Waals surface area contributed by atoms with Crippen LogP contribution in [0.3, 0.4) is 0 Å². The van der Waals surface area contributed by atoms with E-state index in [1.807, 2.05) is 17.5 Å². The van der Waals surface area contributed by atoms with Gasteiger partial charge in [-0.2, -0.15) is 0 Å². The predicted octanol–water partition coefficient (Wildman–Crippen LogP) is 3.27. The van der Waals surface area contributed by atoms with Crippen molar-refractivity contribution in [3.05, 3.63) is 27.7 Å². The summed E-state index contributed by atoms with van der Waals surface area (Å²) in [7, 11) is 0. The molecule has 1 aromatic heterocycles. The first-order chi connectivity index (χ1) is 10.2. The molecule has 2 heterocycles. The summed E-state index contributed by atoms with van der Waals surface area (Å²) in [5.41, 5.74) is 1.42. The molecule has 1 aromatic rings. The number of aromatic nitrogens is 1. The van der Waals surface area contributed by atoms with Gasteiger partial charge >= 0.3 is 0 Å². The number of nitrogens with zero attached hydrogens (tertiary/aromatic N) is 2. The first kappa shape index (κ1) is 16.7. The molecule has 21 heavy (non-hydrogen) atoms. The molecule has 0 spiro atoms. The van der Waals surface area contributed by atoms with Gasteiger partial charge in [-0.15, -0.1) is 11.3 Å². The Labute approximate surface area is 133 Å². The molecule has 1 aliphatic rings. The van der Waals surface area contributed by atoms with Gasteiger partial charge in [0.25, 0.3) is 0 Å². The van der Waals surface area contributed by atoms with Crippen LogP contribution in [-0.2, 0) is 12.8 Å². The molecule has 4 heteroatoms. The van der Waals surface area contributed by atoms with Gasteiger partial charge in [-0.1, -0.05) is 18.6 Å². The number of likely N-dealkylation sites (tertiary alicyclic amines) is 1. The van der Waals surface area contributed by atoms with Crippen LogP contribution in [0, 0.1) is 0 Å². The van der Waals surface area contributed by atoms with Gasteiger partial charge in [0, 0.05) is 36.6 Å². The zero-order chi connectivity index (χ0) is 15.1. The zero-order valence-electron chi connectivity index (χ0n) is 13.7. The van der Waals surface area contributed by atoms with E-state index in [2.05, 4.69) is 42.0 Å². The van der Waals surface area contributed by atoms with Crippen molar-refractivity contribution >= 4 is 11.3 Å². The molecule has 1 fully saturated rings. The second-order valence-electron chi connectivity index (χ2n) is 6.13. The number of nitrogens with one attached hydrogen (secondary N) is 1. The smallest absolute Gasteiger partial charge is 0.0940 e. The first-order valence-electron chi connectivity index (χ1n) is 8.20. The lowest BCUT2D eigenvalue weighted by atomic mass is 10.0. The Bertz CT molecular complexity index is 441. The second-order valence-corrected chi connectivity index (χ2v) is 7.33. The fourth-order valence-electron chi connectivity index (χ4n) is 2.64. The van der Waals surface area contributed by atoms with E-state index in [9.17, 15) is 0 Å². The molecule has 3 nitrogen and oxygen atoms in total. The molecule has 0 saturated carbocycles. The molecular formula is C17H29N3S. The molecule has 1 aliphatic heterocycles. The van der Waals surface area contributed by atoms with E-state index >= 15 is 0 Å². The summed E-state index contributed by atoms with van der Waals surface area (Å²) in [6, 6.07) is 0.693. The minimum absolute atomic E-state index is 0.693. The van der Waals surface area contributed by atoms with Gasteiger partial charge < -0.3 is 5.32 Å². The zero-order valence-corrected chi connectivity index (χ0v) is 14.5. The highest BCUT2D eigenvalue weighted by Crippen LogP contribution is 2.14. The maximum Gasteiger partial charge on any atom is 0.0940 e. The molecule has 0 bridgehead atoms. The van der Waals surface area contributed by atoms with Gasteiger partial charge in [-0.3, -0.25) is 4.90 Å². The van der Waals surface area contributed by atoms with Crippen molar-refractivity contribution < 1.29 is 0 Å². The van der Waals surface area contributed by atoms with Crippen molar-refractivity contribution in [2.75, 3.05) is 26.2 Å². The van der Waals surface area contributed by atoms with Crippen LogP contribution in [0.1, 0.15) is 43.5 Å². The third-order valence-corrected chi connectivity index (χ3v) is 5.27. The van der Waals surface area contributed by atoms with E-state index < -0.39 is 0 Å². The van der Waals surface area contributed by atoms with Crippen molar-refractivity contribution in [2.24, 2.45) is 0 Å². The van der Waals surface area contributed by atoms with Gasteiger partial charge in [0.15, 0.2) is 0 Å². The number of rotatable bonds is 7. The van der Waals surface area contributed by atoms with Gasteiger partial charge in [0.2, 0.25) is 0 Å². The lowest BCUT2D eigenvalue weighted by molar-refractivity contribution is 0.215. The highest BCUT2D eigenvalue weighted by Gasteiger charge is 2.17. The maximum absolute atomic E-state index is 4.49. The largest absolute Gasteiger partial charge is 0.313 e. The van der Waals surface area contributed by atoms with E-state index in [0.29, 0.717) is 6.04 Å². The summed E-state index contributed by atoms with van der Waals surface area (Å²) in [5.74, 6) is 0. The van der Waals surface area contributed by atoms with Crippen LogP contribution in [0.15, 0.2) is 17.8 Å². The standard InChI is InChI=1S/C17H29N3S/c1-4-16-13-19-17(21-16)5-9-18-15-7-11-20(12-8-15)10-6-14(2)3/h6,13,15,18H,4-5,7-12H2,1-3H3. The molecule has 118 valence electrons. The SMILES string of the molecule is CCc1cnc(CCNC2CCN(CC=C(C)C)CC2)s1. The number of piperidine rings is 1. The topological polar surface area (TPSA) is 28.2 Å². The summed E-state index contributed by atoms with van der Waals surface area (Å²) < 4.78 is 0. The number of allylic oxidation sites excluding steroid dienone is 1. The molecule has 2 rings (SSSR count). The lowest BCUT2D eigenvalue weighted by Gasteiger charge is -2.31. The molecule has 0 atom stereocenters. The highest BCUT2D eigenvalue weighted by molar-refractivity contribution is 7.11. The quantitative estimate of drug-likeness (QED) is 0.784. The Hall–Kier alpha value is -0.710. The minimum atomic E-state index is 0.693. The van der Waals surface area contributed by atoms with E-state index in [-0.39, 0.29) is 0 Å². The first-order valence-corrected chi connectivity index (χ1v) is 9.01. The van der Waals surface area contributed by atoms with E-state index in [0.717, 1.165) is 25.9 Å². The minimum Gasteiger partial charge on any atom is -0.313 e. The van der Waals surface area contributed by atoms with Crippen LogP contribution in [-0.4, -0.2) is 42.1 Å². The average molecular weight is 308 g/mol. The molecule has 0 radical (unpaired) electrons. The van der Waals surface area contributed by atoms with Crippen LogP contribution < -0.4 is 5.32 Å². The molecule has 0 aliphatic carbocycles. The number of thiazole rings is 1. The summed E-state index contributed by atoms with van der Waals surface area (Å²) in [4.78, 5) is 8.44. The maximum atomic E-state index is 4.49. The number of hydrogen-bond acceptors (Lipinski definition) is 4. The normalized spacial score (nSPS) is 17.1. The molecule has 1 N–H and O–H groups in total. The lowest BCUT2D eigenvalue weighted by Crippen LogP contribution is -2.43. The summed E-state index contributed by atoms with van der Waals surface area (Å²) in [6.45, 7) is 11.2. The summed E-state index contributed by atoms with van der Waals surface area (Å²) in [6.07, 6.45) is 9.09. The fraction of sp³-hybridized carbons (Fsp3) is 0.706. The van der Waals surface area contributed by atoms with Crippen molar-refractivity contribution in [3.8, 4) is 0 Å². The average Bonchev–Trinajstić information content (AvgIpc) is 2.94. The third kappa shape index (κ3) is 5.89. The van der Waals surface area contributed by atoms with Crippen molar-refractivity contribution in [3.63, 3.8) is 0 Å². The van der Waals surface area contributed by atoms with Crippen molar-refractivity contribution in [1.82, 2.24) is 15.2 Å². The predicted molar refractivity (Wildman–Crippen MR) is 92.1 cm³/mol. The Morgan fingerprint density at radius 3 is 2.81 bits per heavy atom. The van der Waals surface area contributed by atoms with Crippen molar-refractivity contribution in [2.45, 2.75) is 52.5 Å². The Morgan fingerprint density at radius 2 is 2.19 bits per heavy atom. The van der Waals surface area contributed by atoms with Gasteiger partial charge in [-0.25, -0.2) is 4.98 Å². The monoisotopic (exact) mass is 307 g/mol. The highest BCUT2D eigenvalue weighted by atomic mass is 32.1. The third-order valence-electron chi connectivity index (χ3n) is 4.07. The van der Waals surface area contributed by atoms with Crippen LogP contribution in [0.25, 0.3) is 0 Å². The number of aryl methyl sites for hydroxylation is 1. The Kier molecular flexibility index (Phi) is 6.87. The molecule has 1 saturated heterocycles. The molecule has 0 amide bonds. The van der Waals surface area contributed by atoms with Gasteiger partial charge in [0.05, 0.1) is 5.01 Å². The van der Waals surface area contributed by atoms with Gasteiger partial charge in [-0.05, 0) is 46.2 Å². The summed E-state index contributed by atoms with van der Waals surface area (Å²) in [5, 5.41) is 4.99. The van der Waals surface area contributed by atoms with Gasteiger partial charge in [0.1, 0.15) is 0 Å². The van der Waals surface area contributed by atoms with Crippen LogP contribution >= 0.6 is 11.3 Å². The van der Waals surface area contributed by atoms with E-state index in [1.165, 1.54) is 41.4 Å². The van der Waals surface area contributed by atoms with Crippen molar-refractivity contribution in [1.29, 1.82) is 0 Å². The second kappa shape index (κ2) is 8.66. The summed E-state index contributed by atoms with van der Waals surface area (Å²) >= 11 is 1.86. The molecule has 0 aromatic carbocycles. The fourth-order valence-corrected chi connectivity index (χ4v) is 3.50. The van der Waals surface area contributed by atoms with E-state index in [1.54, 1.807) is 0 Å². The molecule has 0 unspecified atom stereocenters.